The van der Waals surface area contributed by atoms with Crippen molar-refractivity contribution in [1.29, 1.82) is 0 Å². The number of alkyl halides is 2. The fourth-order valence-electron chi connectivity index (χ4n) is 2.67. The number of hydrogen-bond donors (Lipinski definition) is 1. The summed E-state index contributed by atoms with van der Waals surface area (Å²) in [6.45, 7) is -3.06. The van der Waals surface area contributed by atoms with Crippen molar-refractivity contribution in [3.05, 3.63) is 30.3 Å². The van der Waals surface area contributed by atoms with Crippen LogP contribution >= 0.6 is 0 Å². The second kappa shape index (κ2) is 7.99. The van der Waals surface area contributed by atoms with Crippen LogP contribution in [0.4, 0.5) is 14.6 Å². The topological polar surface area (TPSA) is 109 Å². The van der Waals surface area contributed by atoms with Gasteiger partial charge in [-0.1, -0.05) is 11.2 Å². The van der Waals surface area contributed by atoms with Gasteiger partial charge in [0.25, 0.3) is 10.0 Å². The molecule has 0 amide bonds. The molecule has 0 saturated heterocycles. The van der Waals surface area contributed by atoms with E-state index < -0.39 is 16.6 Å². The maximum Gasteiger partial charge on any atom is 0.387 e. The molecule has 156 valence electrons. The quantitative estimate of drug-likeness (QED) is 0.580. The van der Waals surface area contributed by atoms with Crippen LogP contribution in [0.15, 0.2) is 39.8 Å². The second-order valence-electron chi connectivity index (χ2n) is 5.51. The lowest BCUT2D eigenvalue weighted by Crippen LogP contribution is -2.15. The van der Waals surface area contributed by atoms with Crippen LogP contribution in [-0.4, -0.2) is 41.5 Å². The Morgan fingerprint density at radius 2 is 1.66 bits per heavy atom. The fourth-order valence-corrected chi connectivity index (χ4v) is 4.00. The highest BCUT2D eigenvalue weighted by Gasteiger charge is 2.28. The zero-order valence-electron chi connectivity index (χ0n) is 15.4. The second-order valence-corrected chi connectivity index (χ2v) is 7.12. The molecular formula is C17H16F2N2O7S. The number of aromatic nitrogens is 1. The van der Waals surface area contributed by atoms with E-state index in [-0.39, 0.29) is 44.7 Å². The molecule has 2 aromatic carbocycles. The summed E-state index contributed by atoms with van der Waals surface area (Å²) >= 11 is 0. The summed E-state index contributed by atoms with van der Waals surface area (Å²) in [7, 11) is -0.346. The average molecular weight is 430 g/mol. The van der Waals surface area contributed by atoms with Gasteiger partial charge in [0.1, 0.15) is 28.4 Å². The lowest BCUT2D eigenvalue weighted by Gasteiger charge is -2.14. The first-order chi connectivity index (χ1) is 13.8. The summed E-state index contributed by atoms with van der Waals surface area (Å²) in [6.07, 6.45) is 0. The molecule has 0 aliphatic heterocycles. The molecule has 9 nitrogen and oxygen atoms in total. The van der Waals surface area contributed by atoms with Gasteiger partial charge in [-0.25, -0.2) is 8.42 Å². The van der Waals surface area contributed by atoms with E-state index in [2.05, 4.69) is 14.6 Å². The van der Waals surface area contributed by atoms with Crippen LogP contribution < -0.4 is 23.7 Å². The number of sulfonamides is 1. The van der Waals surface area contributed by atoms with Gasteiger partial charge in [-0.2, -0.15) is 8.78 Å². The summed E-state index contributed by atoms with van der Waals surface area (Å²) in [5.41, 5.74) is -0.0234. The van der Waals surface area contributed by atoms with Crippen LogP contribution in [0.1, 0.15) is 0 Å². The highest BCUT2D eigenvalue weighted by Crippen LogP contribution is 2.39. The number of fused-ring (bicyclic) bond motifs is 1. The summed E-state index contributed by atoms with van der Waals surface area (Å²) in [5, 5.41) is 3.79. The van der Waals surface area contributed by atoms with Gasteiger partial charge in [0, 0.05) is 12.1 Å². The van der Waals surface area contributed by atoms with Gasteiger partial charge >= 0.3 is 6.61 Å². The molecule has 12 heteroatoms. The zero-order chi connectivity index (χ0) is 21.2. The minimum Gasteiger partial charge on any atom is -0.496 e. The largest absolute Gasteiger partial charge is 0.496 e. The number of halogens is 2. The van der Waals surface area contributed by atoms with Crippen molar-refractivity contribution in [1.82, 2.24) is 5.16 Å². The van der Waals surface area contributed by atoms with Gasteiger partial charge < -0.3 is 23.5 Å². The number of nitrogens with zero attached hydrogens (tertiary/aromatic N) is 1. The minimum absolute atomic E-state index is 0.0177. The SMILES string of the molecule is COc1cccc(OC)c1S(=O)(=O)Nc1noc2cc(OC(F)F)cc(OC)c12. The van der Waals surface area contributed by atoms with Crippen molar-refractivity contribution in [3.63, 3.8) is 0 Å². The first-order valence-corrected chi connectivity index (χ1v) is 9.45. The van der Waals surface area contributed by atoms with Crippen LogP contribution in [0, 0.1) is 0 Å². The Balaban J connectivity index is 2.09. The van der Waals surface area contributed by atoms with Crippen LogP contribution in [-0.2, 0) is 10.0 Å². The van der Waals surface area contributed by atoms with Gasteiger partial charge in [-0.3, -0.25) is 4.72 Å². The highest BCUT2D eigenvalue weighted by molar-refractivity contribution is 7.93. The average Bonchev–Trinajstić information content (AvgIpc) is 3.08. The fraction of sp³-hybridized carbons (Fsp3) is 0.235. The van der Waals surface area contributed by atoms with E-state index in [0.717, 1.165) is 12.1 Å². The van der Waals surface area contributed by atoms with Gasteiger partial charge in [-0.15, -0.1) is 0 Å². The van der Waals surface area contributed by atoms with Crippen LogP contribution in [0.2, 0.25) is 0 Å². The molecule has 0 unspecified atom stereocenters. The Morgan fingerprint density at radius 3 is 2.21 bits per heavy atom. The summed E-state index contributed by atoms with van der Waals surface area (Å²) in [5.74, 6) is -0.340. The molecule has 0 bridgehead atoms. The van der Waals surface area contributed by atoms with Gasteiger partial charge in [0.05, 0.1) is 21.3 Å². The third-order valence-corrected chi connectivity index (χ3v) is 5.24. The van der Waals surface area contributed by atoms with E-state index in [9.17, 15) is 17.2 Å². The minimum atomic E-state index is -4.24. The first kappa shape index (κ1) is 20.5. The van der Waals surface area contributed by atoms with Crippen molar-refractivity contribution in [2.45, 2.75) is 11.5 Å². The molecule has 3 rings (SSSR count). The lowest BCUT2D eigenvalue weighted by atomic mass is 10.2. The van der Waals surface area contributed by atoms with E-state index in [4.69, 9.17) is 18.7 Å². The number of hydrogen-bond acceptors (Lipinski definition) is 8. The predicted octanol–water partition coefficient (Wildman–Crippen LogP) is 3.26. The molecule has 1 heterocycles. The van der Waals surface area contributed by atoms with E-state index >= 15 is 0 Å². The summed E-state index contributed by atoms with van der Waals surface area (Å²) in [4.78, 5) is -0.252. The van der Waals surface area contributed by atoms with Crippen molar-refractivity contribution in [3.8, 4) is 23.0 Å². The Kier molecular flexibility index (Phi) is 5.64. The van der Waals surface area contributed by atoms with E-state index in [1.165, 1.54) is 33.5 Å². The molecule has 0 saturated carbocycles. The molecule has 0 atom stereocenters. The molecule has 3 aromatic rings. The molecule has 1 N–H and O–H groups in total. The maximum atomic E-state index is 13.0. The van der Waals surface area contributed by atoms with E-state index in [1.807, 2.05) is 0 Å². The molecule has 0 spiro atoms. The third kappa shape index (κ3) is 3.97. The van der Waals surface area contributed by atoms with Crippen molar-refractivity contribution >= 4 is 26.8 Å². The highest BCUT2D eigenvalue weighted by atomic mass is 32.2. The predicted molar refractivity (Wildman–Crippen MR) is 97.5 cm³/mol. The molecular weight excluding hydrogens is 414 g/mol. The maximum absolute atomic E-state index is 13.0. The number of methoxy groups -OCH3 is 3. The Morgan fingerprint density at radius 1 is 1.03 bits per heavy atom. The number of anilines is 1. The number of nitrogens with one attached hydrogen (secondary N) is 1. The zero-order valence-corrected chi connectivity index (χ0v) is 16.2. The molecule has 0 fully saturated rings. The van der Waals surface area contributed by atoms with Crippen molar-refractivity contribution in [2.24, 2.45) is 0 Å². The third-order valence-electron chi connectivity index (χ3n) is 3.84. The van der Waals surface area contributed by atoms with Gasteiger partial charge in [0.2, 0.25) is 0 Å². The monoisotopic (exact) mass is 430 g/mol. The van der Waals surface area contributed by atoms with Gasteiger partial charge in [-0.05, 0) is 12.1 Å². The first-order valence-electron chi connectivity index (χ1n) is 7.96. The Labute approximate surface area is 164 Å². The number of rotatable bonds is 8. The molecule has 0 aliphatic carbocycles. The molecule has 0 aliphatic rings. The van der Waals surface area contributed by atoms with Crippen LogP contribution in [0.25, 0.3) is 11.0 Å². The standard InChI is InChI=1S/C17H16F2N2O7S/c1-24-10-5-4-6-11(25-2)15(10)29(22,23)21-16-14-12(26-3)7-9(27-17(18)19)8-13(14)28-20-16/h4-8,17H,1-3H3,(H,20,21). The van der Waals surface area contributed by atoms with Crippen molar-refractivity contribution < 1.29 is 40.7 Å². The number of benzene rings is 2. The van der Waals surface area contributed by atoms with Gasteiger partial charge in [0.15, 0.2) is 16.3 Å². The summed E-state index contributed by atoms with van der Waals surface area (Å²) in [6, 6.07) is 6.76. The van der Waals surface area contributed by atoms with E-state index in [1.54, 1.807) is 6.07 Å². The molecule has 1 aromatic heterocycles. The Bertz CT molecular complexity index is 1110. The molecule has 29 heavy (non-hydrogen) atoms. The summed E-state index contributed by atoms with van der Waals surface area (Å²) < 4.78 is 78.0. The normalized spacial score (nSPS) is 11.5. The lowest BCUT2D eigenvalue weighted by molar-refractivity contribution is -0.0498. The molecule has 0 radical (unpaired) electrons. The van der Waals surface area contributed by atoms with E-state index in [0.29, 0.717) is 0 Å². The van der Waals surface area contributed by atoms with Crippen molar-refractivity contribution in [2.75, 3.05) is 26.1 Å². The number of ether oxygens (including phenoxy) is 4. The van der Waals surface area contributed by atoms with Crippen LogP contribution in [0.5, 0.6) is 23.0 Å². The Hall–Kier alpha value is -3.28. The van der Waals surface area contributed by atoms with Crippen LogP contribution in [0.3, 0.4) is 0 Å². The smallest absolute Gasteiger partial charge is 0.387 e.